The molecule has 0 amide bonds. The maximum Gasteiger partial charge on any atom is 0.141 e. The summed E-state index contributed by atoms with van der Waals surface area (Å²) in [6, 6.07) is 8.14. The van der Waals surface area contributed by atoms with E-state index in [0.29, 0.717) is 0 Å². The topological polar surface area (TPSA) is 41.5 Å². The number of nitrogens with one attached hydrogen (secondary N) is 1. The van der Waals surface area contributed by atoms with E-state index in [1.807, 2.05) is 36.4 Å². The molecule has 1 aliphatic rings. The zero-order chi connectivity index (χ0) is 11.4. The van der Waals surface area contributed by atoms with E-state index in [2.05, 4.69) is 5.32 Å². The van der Waals surface area contributed by atoms with Crippen LogP contribution < -0.4 is 10.1 Å². The normalized spacial score (nSPS) is 24.1. The minimum absolute atomic E-state index is 0.277. The SMILES string of the molecule is COc1ccccc1N[C@@H]1C=C[C@H](O)CC1. The van der Waals surface area contributed by atoms with Gasteiger partial charge in [0.15, 0.2) is 0 Å². The summed E-state index contributed by atoms with van der Waals surface area (Å²) in [5, 5.41) is 12.8. The quantitative estimate of drug-likeness (QED) is 0.766. The van der Waals surface area contributed by atoms with Gasteiger partial charge in [-0.3, -0.25) is 0 Å². The first-order chi connectivity index (χ1) is 7.79. The lowest BCUT2D eigenvalue weighted by atomic mass is 10.0. The highest BCUT2D eigenvalue weighted by atomic mass is 16.5. The zero-order valence-electron chi connectivity index (χ0n) is 9.39. The molecule has 0 saturated heterocycles. The van der Waals surface area contributed by atoms with E-state index < -0.39 is 0 Å². The minimum Gasteiger partial charge on any atom is -0.495 e. The van der Waals surface area contributed by atoms with Gasteiger partial charge in [-0.2, -0.15) is 0 Å². The van der Waals surface area contributed by atoms with Crippen molar-refractivity contribution in [2.24, 2.45) is 0 Å². The Morgan fingerprint density at radius 1 is 1.25 bits per heavy atom. The van der Waals surface area contributed by atoms with Crippen LogP contribution in [0.3, 0.4) is 0 Å². The lowest BCUT2D eigenvalue weighted by Gasteiger charge is -2.22. The summed E-state index contributed by atoms with van der Waals surface area (Å²) < 4.78 is 5.27. The largest absolute Gasteiger partial charge is 0.495 e. The summed E-state index contributed by atoms with van der Waals surface area (Å²) in [4.78, 5) is 0. The van der Waals surface area contributed by atoms with Crippen LogP contribution in [0.2, 0.25) is 0 Å². The fraction of sp³-hybridized carbons (Fsp3) is 0.385. The molecule has 1 aliphatic carbocycles. The fourth-order valence-electron chi connectivity index (χ4n) is 1.89. The van der Waals surface area contributed by atoms with Gasteiger partial charge < -0.3 is 15.2 Å². The number of rotatable bonds is 3. The number of hydrogen-bond donors (Lipinski definition) is 2. The van der Waals surface area contributed by atoms with Crippen molar-refractivity contribution in [3.8, 4) is 5.75 Å². The summed E-state index contributed by atoms with van der Waals surface area (Å²) in [6.45, 7) is 0. The Morgan fingerprint density at radius 3 is 2.75 bits per heavy atom. The van der Waals surface area contributed by atoms with Gasteiger partial charge in [0.25, 0.3) is 0 Å². The number of ether oxygens (including phenoxy) is 1. The summed E-state index contributed by atoms with van der Waals surface area (Å²) in [6.07, 6.45) is 5.33. The molecule has 0 aliphatic heterocycles. The van der Waals surface area contributed by atoms with Gasteiger partial charge in [0.05, 0.1) is 18.9 Å². The third kappa shape index (κ3) is 2.55. The maximum absolute atomic E-state index is 9.35. The fourth-order valence-corrected chi connectivity index (χ4v) is 1.89. The van der Waals surface area contributed by atoms with E-state index >= 15 is 0 Å². The van der Waals surface area contributed by atoms with Gasteiger partial charge in [-0.05, 0) is 25.0 Å². The molecule has 2 atom stereocenters. The standard InChI is InChI=1S/C13H17NO2/c1-16-13-5-3-2-4-12(13)14-10-6-8-11(15)9-7-10/h2-6,8,10-11,14-15H,7,9H2,1H3/t10-,11+/m1/s1. The first-order valence-corrected chi connectivity index (χ1v) is 5.55. The number of aliphatic hydroxyl groups excluding tert-OH is 1. The Labute approximate surface area is 95.7 Å². The Morgan fingerprint density at radius 2 is 2.06 bits per heavy atom. The molecule has 2 rings (SSSR count). The van der Waals surface area contributed by atoms with Crippen molar-refractivity contribution >= 4 is 5.69 Å². The van der Waals surface area contributed by atoms with Gasteiger partial charge in [-0.25, -0.2) is 0 Å². The number of anilines is 1. The molecule has 16 heavy (non-hydrogen) atoms. The molecule has 1 aromatic rings. The van der Waals surface area contributed by atoms with Gasteiger partial charge in [-0.15, -0.1) is 0 Å². The molecule has 0 unspecified atom stereocenters. The molecule has 0 spiro atoms. The van der Waals surface area contributed by atoms with Crippen LogP contribution in [-0.4, -0.2) is 24.4 Å². The Kier molecular flexibility index (Phi) is 3.47. The van der Waals surface area contributed by atoms with Crippen molar-refractivity contribution in [1.82, 2.24) is 0 Å². The molecule has 86 valence electrons. The monoisotopic (exact) mass is 219 g/mol. The predicted molar refractivity (Wildman–Crippen MR) is 64.8 cm³/mol. The van der Waals surface area contributed by atoms with Gasteiger partial charge >= 0.3 is 0 Å². The van der Waals surface area contributed by atoms with Crippen molar-refractivity contribution in [3.63, 3.8) is 0 Å². The van der Waals surface area contributed by atoms with Crippen LogP contribution >= 0.6 is 0 Å². The lowest BCUT2D eigenvalue weighted by Crippen LogP contribution is -2.23. The van der Waals surface area contributed by atoms with Crippen molar-refractivity contribution in [2.75, 3.05) is 12.4 Å². The highest BCUT2D eigenvalue weighted by Crippen LogP contribution is 2.25. The molecular formula is C13H17NO2. The second-order valence-corrected chi connectivity index (χ2v) is 3.98. The average molecular weight is 219 g/mol. The second-order valence-electron chi connectivity index (χ2n) is 3.98. The van der Waals surface area contributed by atoms with E-state index in [9.17, 15) is 5.11 Å². The molecule has 0 bridgehead atoms. The number of aliphatic hydroxyl groups is 1. The molecule has 0 saturated carbocycles. The molecule has 0 fully saturated rings. The van der Waals surface area contributed by atoms with E-state index in [4.69, 9.17) is 4.74 Å². The van der Waals surface area contributed by atoms with Crippen molar-refractivity contribution in [2.45, 2.75) is 25.0 Å². The zero-order valence-corrected chi connectivity index (χ0v) is 9.39. The Balaban J connectivity index is 2.06. The highest BCUT2D eigenvalue weighted by Gasteiger charge is 2.14. The number of benzene rings is 1. The van der Waals surface area contributed by atoms with E-state index in [1.54, 1.807) is 7.11 Å². The molecule has 0 aromatic heterocycles. The first-order valence-electron chi connectivity index (χ1n) is 5.55. The summed E-state index contributed by atoms with van der Waals surface area (Å²) in [5.74, 6) is 0.849. The van der Waals surface area contributed by atoms with Gasteiger partial charge in [0, 0.05) is 6.04 Å². The molecule has 3 heteroatoms. The summed E-state index contributed by atoms with van der Waals surface area (Å²) in [5.41, 5.74) is 0.996. The molecule has 1 aromatic carbocycles. The Bertz CT molecular complexity index is 376. The molecule has 3 nitrogen and oxygen atoms in total. The number of methoxy groups -OCH3 is 1. The average Bonchev–Trinajstić information content (AvgIpc) is 2.33. The predicted octanol–water partition coefficient (Wildman–Crippen LogP) is 2.19. The second kappa shape index (κ2) is 5.03. The van der Waals surface area contributed by atoms with Crippen LogP contribution in [0.25, 0.3) is 0 Å². The number of para-hydroxylation sites is 2. The third-order valence-electron chi connectivity index (χ3n) is 2.79. The van der Waals surface area contributed by atoms with Crippen LogP contribution in [-0.2, 0) is 0 Å². The van der Waals surface area contributed by atoms with Crippen molar-refractivity contribution < 1.29 is 9.84 Å². The summed E-state index contributed by atoms with van der Waals surface area (Å²) >= 11 is 0. The van der Waals surface area contributed by atoms with Gasteiger partial charge in [0.1, 0.15) is 5.75 Å². The molecule has 0 heterocycles. The van der Waals surface area contributed by atoms with E-state index in [-0.39, 0.29) is 12.1 Å². The van der Waals surface area contributed by atoms with Crippen LogP contribution in [0.4, 0.5) is 5.69 Å². The minimum atomic E-state index is -0.282. The summed E-state index contributed by atoms with van der Waals surface area (Å²) in [7, 11) is 1.67. The van der Waals surface area contributed by atoms with Crippen molar-refractivity contribution in [3.05, 3.63) is 36.4 Å². The highest BCUT2D eigenvalue weighted by molar-refractivity contribution is 5.57. The van der Waals surface area contributed by atoms with Crippen molar-refractivity contribution in [1.29, 1.82) is 0 Å². The van der Waals surface area contributed by atoms with Crippen LogP contribution in [0, 0.1) is 0 Å². The molecule has 2 N–H and O–H groups in total. The third-order valence-corrected chi connectivity index (χ3v) is 2.79. The first kappa shape index (κ1) is 11.0. The van der Waals surface area contributed by atoms with Crippen LogP contribution in [0.15, 0.2) is 36.4 Å². The number of hydrogen-bond acceptors (Lipinski definition) is 3. The van der Waals surface area contributed by atoms with Crippen LogP contribution in [0.5, 0.6) is 5.75 Å². The van der Waals surface area contributed by atoms with E-state index in [0.717, 1.165) is 24.3 Å². The van der Waals surface area contributed by atoms with Gasteiger partial charge in [-0.1, -0.05) is 24.3 Å². The lowest BCUT2D eigenvalue weighted by molar-refractivity contribution is 0.202. The molecule has 0 radical (unpaired) electrons. The smallest absolute Gasteiger partial charge is 0.141 e. The Hall–Kier alpha value is -1.48. The molecular weight excluding hydrogens is 202 g/mol. The van der Waals surface area contributed by atoms with E-state index in [1.165, 1.54) is 0 Å². The maximum atomic E-state index is 9.35. The van der Waals surface area contributed by atoms with Crippen LogP contribution in [0.1, 0.15) is 12.8 Å². The van der Waals surface area contributed by atoms with Gasteiger partial charge in [0.2, 0.25) is 0 Å².